The molecule has 0 unspecified atom stereocenters. The van der Waals surface area contributed by atoms with Crippen molar-refractivity contribution >= 4 is 21.6 Å². The summed E-state index contributed by atoms with van der Waals surface area (Å²) in [6, 6.07) is 5.60. The van der Waals surface area contributed by atoms with Gasteiger partial charge in [-0.2, -0.15) is 5.10 Å². The zero-order valence-corrected chi connectivity index (χ0v) is 19.5. The number of aromatic nitrogens is 2. The lowest BCUT2D eigenvalue weighted by atomic mass is 10.1. The highest BCUT2D eigenvalue weighted by atomic mass is 32.2. The minimum atomic E-state index is -3.98. The Hall–Kier alpha value is -2.39. The van der Waals surface area contributed by atoms with E-state index in [1.165, 1.54) is 4.31 Å². The molecule has 1 aliphatic rings. The number of nitrogens with zero attached hydrogens (tertiary/aromatic N) is 5. The summed E-state index contributed by atoms with van der Waals surface area (Å²) < 4.78 is 30.3. The first-order valence-electron chi connectivity index (χ1n) is 10.1. The van der Waals surface area contributed by atoms with Gasteiger partial charge in [-0.05, 0) is 58.0 Å². The maximum atomic E-state index is 13.8. The van der Waals surface area contributed by atoms with E-state index >= 15 is 0 Å². The lowest BCUT2D eigenvalue weighted by molar-refractivity contribution is -0.131. The van der Waals surface area contributed by atoms with Gasteiger partial charge in [0.1, 0.15) is 11.4 Å². The predicted octanol–water partition coefficient (Wildman–Crippen LogP) is 1.62. The second-order valence-corrected chi connectivity index (χ2v) is 9.96. The summed E-state index contributed by atoms with van der Waals surface area (Å²) in [5.74, 6) is -0.190. The van der Waals surface area contributed by atoms with Crippen molar-refractivity contribution in [2.24, 2.45) is 7.05 Å². The van der Waals surface area contributed by atoms with Crippen LogP contribution in [0.4, 0.5) is 5.69 Å². The van der Waals surface area contributed by atoms with Crippen LogP contribution in [0.25, 0.3) is 0 Å². The quantitative estimate of drug-likeness (QED) is 0.716. The zero-order chi connectivity index (χ0) is 22.2. The van der Waals surface area contributed by atoms with Crippen LogP contribution in [-0.4, -0.2) is 73.7 Å². The number of anilines is 1. The van der Waals surface area contributed by atoms with Crippen LogP contribution in [-0.2, 0) is 21.9 Å². The van der Waals surface area contributed by atoms with E-state index in [2.05, 4.69) is 10.00 Å². The molecular formula is C21H31N5O3S. The first kappa shape index (κ1) is 22.3. The molecule has 1 aliphatic heterocycles. The van der Waals surface area contributed by atoms with E-state index in [1.807, 2.05) is 39.1 Å². The predicted molar refractivity (Wildman–Crippen MR) is 117 cm³/mol. The molecular weight excluding hydrogens is 402 g/mol. The molecule has 0 spiro atoms. The number of rotatable bonds is 5. The van der Waals surface area contributed by atoms with Crippen LogP contribution in [0.1, 0.15) is 22.5 Å². The van der Waals surface area contributed by atoms with Gasteiger partial charge in [-0.1, -0.05) is 6.07 Å². The molecule has 1 aromatic heterocycles. The van der Waals surface area contributed by atoms with Crippen molar-refractivity contribution in [1.29, 1.82) is 0 Å². The number of carbonyl (C=O) groups is 1. The second kappa shape index (κ2) is 8.39. The lowest BCUT2D eigenvalue weighted by Gasteiger charge is -2.34. The van der Waals surface area contributed by atoms with E-state index in [4.69, 9.17) is 0 Å². The highest BCUT2D eigenvalue weighted by Crippen LogP contribution is 2.29. The zero-order valence-electron chi connectivity index (χ0n) is 18.6. The van der Waals surface area contributed by atoms with Crippen molar-refractivity contribution < 1.29 is 13.2 Å². The van der Waals surface area contributed by atoms with E-state index in [9.17, 15) is 13.2 Å². The number of hydrogen-bond acceptors (Lipinski definition) is 5. The van der Waals surface area contributed by atoms with Gasteiger partial charge in [-0.3, -0.25) is 13.8 Å². The summed E-state index contributed by atoms with van der Waals surface area (Å²) >= 11 is 0. The fourth-order valence-corrected chi connectivity index (χ4v) is 5.73. The van der Waals surface area contributed by atoms with Crippen LogP contribution in [0.3, 0.4) is 0 Å². The Balaban J connectivity index is 2.04. The van der Waals surface area contributed by atoms with Crippen molar-refractivity contribution in [3.8, 4) is 0 Å². The first-order valence-corrected chi connectivity index (χ1v) is 11.5. The second-order valence-electron chi connectivity index (χ2n) is 8.17. The SMILES string of the molecule is Cc1cc(C)cc(N(CC(=O)N2CCN(C)CC2)S(=O)(=O)c2c(C)nn(C)c2C)c1. The lowest BCUT2D eigenvalue weighted by Crippen LogP contribution is -2.51. The van der Waals surface area contributed by atoms with Gasteiger partial charge in [-0.25, -0.2) is 8.42 Å². The highest BCUT2D eigenvalue weighted by molar-refractivity contribution is 7.93. The Kier molecular flexibility index (Phi) is 6.24. The van der Waals surface area contributed by atoms with E-state index in [0.717, 1.165) is 24.2 Å². The maximum Gasteiger partial charge on any atom is 0.268 e. The Morgan fingerprint density at radius 2 is 1.57 bits per heavy atom. The average Bonchev–Trinajstić information content (AvgIpc) is 2.91. The van der Waals surface area contributed by atoms with Crippen LogP contribution >= 0.6 is 0 Å². The molecule has 1 saturated heterocycles. The summed E-state index contributed by atoms with van der Waals surface area (Å²) in [7, 11) is -0.245. The van der Waals surface area contributed by atoms with Gasteiger partial charge in [0.25, 0.3) is 10.0 Å². The summed E-state index contributed by atoms with van der Waals surface area (Å²) in [4.78, 5) is 17.2. The summed E-state index contributed by atoms with van der Waals surface area (Å²) in [5.41, 5.74) is 3.36. The minimum Gasteiger partial charge on any atom is -0.339 e. The van der Waals surface area contributed by atoms with Gasteiger partial charge < -0.3 is 9.80 Å². The van der Waals surface area contributed by atoms with Crippen LogP contribution in [0.15, 0.2) is 23.1 Å². The molecule has 0 bridgehead atoms. The molecule has 9 heteroatoms. The molecule has 0 saturated carbocycles. The van der Waals surface area contributed by atoms with Crippen LogP contribution in [0.5, 0.6) is 0 Å². The molecule has 1 aromatic carbocycles. The third kappa shape index (κ3) is 4.37. The van der Waals surface area contributed by atoms with E-state index in [0.29, 0.717) is 30.2 Å². The Bertz CT molecular complexity index is 1030. The number of hydrogen-bond donors (Lipinski definition) is 0. The summed E-state index contributed by atoms with van der Waals surface area (Å²) in [6.07, 6.45) is 0. The summed E-state index contributed by atoms with van der Waals surface area (Å²) in [5, 5.41) is 4.28. The van der Waals surface area contributed by atoms with Crippen molar-refractivity contribution in [2.75, 3.05) is 44.1 Å². The first-order chi connectivity index (χ1) is 14.0. The number of sulfonamides is 1. The topological polar surface area (TPSA) is 78.8 Å². The minimum absolute atomic E-state index is 0.162. The maximum absolute atomic E-state index is 13.8. The van der Waals surface area contributed by atoms with Crippen LogP contribution < -0.4 is 4.31 Å². The van der Waals surface area contributed by atoms with E-state index in [1.54, 1.807) is 30.5 Å². The molecule has 2 heterocycles. The smallest absolute Gasteiger partial charge is 0.268 e. The number of benzene rings is 1. The van der Waals surface area contributed by atoms with E-state index < -0.39 is 10.0 Å². The molecule has 8 nitrogen and oxygen atoms in total. The number of aryl methyl sites for hydroxylation is 4. The number of piperazine rings is 1. The van der Waals surface area contributed by atoms with Crippen molar-refractivity contribution in [3.63, 3.8) is 0 Å². The Morgan fingerprint density at radius 3 is 2.07 bits per heavy atom. The monoisotopic (exact) mass is 433 g/mol. The van der Waals surface area contributed by atoms with Crippen LogP contribution in [0, 0.1) is 27.7 Å². The number of likely N-dealkylation sites (N-methyl/N-ethyl adjacent to an activating group) is 1. The molecule has 0 radical (unpaired) electrons. The third-order valence-corrected chi connectivity index (χ3v) is 7.65. The standard InChI is InChI=1S/C21H31N5O3S/c1-15-11-16(2)13-19(12-15)26(14-20(27)25-9-7-23(5)8-10-25)30(28,29)21-17(3)22-24(6)18(21)4/h11-13H,7-10,14H2,1-6H3. The molecule has 0 aliphatic carbocycles. The van der Waals surface area contributed by atoms with Gasteiger partial charge in [0.2, 0.25) is 5.91 Å². The van der Waals surface area contributed by atoms with Gasteiger partial charge >= 0.3 is 0 Å². The van der Waals surface area contributed by atoms with Gasteiger partial charge in [0.05, 0.1) is 17.1 Å². The fourth-order valence-electron chi connectivity index (χ4n) is 3.93. The fraction of sp³-hybridized carbons (Fsp3) is 0.524. The van der Waals surface area contributed by atoms with Crippen molar-refractivity contribution in [1.82, 2.24) is 19.6 Å². The molecule has 0 atom stereocenters. The largest absolute Gasteiger partial charge is 0.339 e. The van der Waals surface area contributed by atoms with Crippen molar-refractivity contribution in [2.45, 2.75) is 32.6 Å². The van der Waals surface area contributed by atoms with E-state index in [-0.39, 0.29) is 17.3 Å². The summed E-state index contributed by atoms with van der Waals surface area (Å²) in [6.45, 7) is 9.78. The van der Waals surface area contributed by atoms with Gasteiger partial charge in [-0.15, -0.1) is 0 Å². The normalized spacial score (nSPS) is 15.5. The molecule has 1 amide bonds. The molecule has 0 N–H and O–H groups in total. The highest BCUT2D eigenvalue weighted by Gasteiger charge is 2.34. The Labute approximate surface area is 179 Å². The molecule has 2 aromatic rings. The molecule has 30 heavy (non-hydrogen) atoms. The third-order valence-electron chi connectivity index (χ3n) is 5.62. The van der Waals surface area contributed by atoms with Crippen molar-refractivity contribution in [3.05, 3.63) is 40.7 Å². The van der Waals surface area contributed by atoms with Gasteiger partial charge in [0.15, 0.2) is 0 Å². The number of carbonyl (C=O) groups excluding carboxylic acids is 1. The molecule has 3 rings (SSSR count). The number of amides is 1. The average molecular weight is 434 g/mol. The molecule has 164 valence electrons. The molecule has 1 fully saturated rings. The van der Waals surface area contributed by atoms with Crippen LogP contribution in [0.2, 0.25) is 0 Å². The van der Waals surface area contributed by atoms with Gasteiger partial charge in [0, 0.05) is 33.2 Å². The Morgan fingerprint density at radius 1 is 1.00 bits per heavy atom.